The second-order valence-corrected chi connectivity index (χ2v) is 9.65. The Morgan fingerprint density at radius 2 is 1.92 bits per heavy atom. The first-order valence-corrected chi connectivity index (χ1v) is 11.1. The zero-order chi connectivity index (χ0) is 18.7. The predicted molar refractivity (Wildman–Crippen MR) is 105 cm³/mol. The van der Waals surface area contributed by atoms with Gasteiger partial charge in [0.1, 0.15) is 0 Å². The van der Waals surface area contributed by atoms with E-state index in [1.54, 1.807) is 6.07 Å². The molecular formula is C19H24N2O3S2. The number of anilines is 1. The number of carbonyl (C=O) groups excluding carboxylic acids is 1. The van der Waals surface area contributed by atoms with Crippen LogP contribution in [0.2, 0.25) is 0 Å². The molecular weight excluding hydrogens is 368 g/mol. The van der Waals surface area contributed by atoms with Crippen molar-refractivity contribution < 1.29 is 13.2 Å². The lowest BCUT2D eigenvalue weighted by atomic mass is 9.95. The standard InChI is InChI=1S/C19H24N2O3S2/c1-14-7-6-10-16(11-14)21(2)26(23,24)17-12-18(25-13-17)19(22)20-15-8-4-3-5-9-15/h6-7,10-13,15H,3-5,8-9H2,1-2H3,(H,20,22). The molecule has 1 N–H and O–H groups in total. The summed E-state index contributed by atoms with van der Waals surface area (Å²) in [6.07, 6.45) is 5.49. The average molecular weight is 393 g/mol. The molecule has 0 unspecified atom stereocenters. The van der Waals surface area contributed by atoms with Gasteiger partial charge in [0, 0.05) is 18.5 Å². The van der Waals surface area contributed by atoms with Crippen LogP contribution in [0.4, 0.5) is 5.69 Å². The number of hydrogen-bond acceptors (Lipinski definition) is 4. The summed E-state index contributed by atoms with van der Waals surface area (Å²) in [5, 5.41) is 4.57. The van der Waals surface area contributed by atoms with Crippen molar-refractivity contribution in [2.45, 2.75) is 50.0 Å². The second kappa shape index (κ2) is 7.80. The number of amides is 1. The summed E-state index contributed by atoms with van der Waals surface area (Å²) >= 11 is 1.17. The van der Waals surface area contributed by atoms with Crippen molar-refractivity contribution in [3.8, 4) is 0 Å². The van der Waals surface area contributed by atoms with Crippen molar-refractivity contribution in [3.63, 3.8) is 0 Å². The van der Waals surface area contributed by atoms with E-state index in [0.29, 0.717) is 10.6 Å². The third-order valence-electron chi connectivity index (χ3n) is 4.76. The van der Waals surface area contributed by atoms with Gasteiger partial charge in [-0.3, -0.25) is 9.10 Å². The summed E-state index contributed by atoms with van der Waals surface area (Å²) in [4.78, 5) is 13.0. The van der Waals surface area contributed by atoms with Gasteiger partial charge in [-0.2, -0.15) is 0 Å². The van der Waals surface area contributed by atoms with Crippen LogP contribution in [0.1, 0.15) is 47.3 Å². The minimum absolute atomic E-state index is 0.153. The Bertz CT molecular complexity index is 884. The molecule has 1 saturated carbocycles. The average Bonchev–Trinajstić information content (AvgIpc) is 3.13. The molecule has 1 fully saturated rings. The van der Waals surface area contributed by atoms with Gasteiger partial charge in [-0.1, -0.05) is 31.4 Å². The molecule has 1 aliphatic rings. The highest BCUT2D eigenvalue weighted by molar-refractivity contribution is 7.93. The van der Waals surface area contributed by atoms with Gasteiger partial charge in [-0.25, -0.2) is 8.42 Å². The molecule has 5 nitrogen and oxygen atoms in total. The van der Waals surface area contributed by atoms with E-state index in [1.165, 1.54) is 40.6 Å². The molecule has 1 aromatic heterocycles. The van der Waals surface area contributed by atoms with Gasteiger partial charge >= 0.3 is 0 Å². The first-order chi connectivity index (χ1) is 12.4. The molecule has 0 bridgehead atoms. The second-order valence-electron chi connectivity index (χ2n) is 6.77. The fourth-order valence-corrected chi connectivity index (χ4v) is 5.55. The molecule has 1 aliphatic carbocycles. The number of aryl methyl sites for hydroxylation is 1. The van der Waals surface area contributed by atoms with Gasteiger partial charge in [0.25, 0.3) is 15.9 Å². The third kappa shape index (κ3) is 4.10. The van der Waals surface area contributed by atoms with E-state index in [0.717, 1.165) is 31.2 Å². The first kappa shape index (κ1) is 18.9. The molecule has 0 atom stereocenters. The number of rotatable bonds is 5. The number of benzene rings is 1. The topological polar surface area (TPSA) is 66.5 Å². The molecule has 3 rings (SSSR count). The van der Waals surface area contributed by atoms with Crippen molar-refractivity contribution in [2.75, 3.05) is 11.4 Å². The Morgan fingerprint density at radius 1 is 1.19 bits per heavy atom. The lowest BCUT2D eigenvalue weighted by Crippen LogP contribution is -2.35. The SMILES string of the molecule is Cc1cccc(N(C)S(=O)(=O)c2csc(C(=O)NC3CCCCC3)c2)c1. The third-order valence-corrected chi connectivity index (χ3v) is 7.60. The maximum absolute atomic E-state index is 12.9. The van der Waals surface area contributed by atoms with E-state index >= 15 is 0 Å². The van der Waals surface area contributed by atoms with Crippen LogP contribution in [0.5, 0.6) is 0 Å². The molecule has 7 heteroatoms. The van der Waals surface area contributed by atoms with Crippen molar-refractivity contribution >= 4 is 33.0 Å². The lowest BCUT2D eigenvalue weighted by Gasteiger charge is -2.22. The van der Waals surface area contributed by atoms with Crippen LogP contribution in [-0.4, -0.2) is 27.4 Å². The molecule has 1 amide bonds. The zero-order valence-electron chi connectivity index (χ0n) is 15.1. The number of nitrogens with zero attached hydrogens (tertiary/aromatic N) is 1. The van der Waals surface area contributed by atoms with Gasteiger partial charge in [0.15, 0.2) is 0 Å². The van der Waals surface area contributed by atoms with Crippen molar-refractivity contribution in [1.82, 2.24) is 5.32 Å². The summed E-state index contributed by atoms with van der Waals surface area (Å²) in [6.45, 7) is 1.92. The highest BCUT2D eigenvalue weighted by Gasteiger charge is 2.25. The number of hydrogen-bond donors (Lipinski definition) is 1. The smallest absolute Gasteiger partial charge is 0.264 e. The summed E-state index contributed by atoms with van der Waals surface area (Å²) in [7, 11) is -2.16. The van der Waals surface area contributed by atoms with Gasteiger partial charge in [-0.15, -0.1) is 11.3 Å². The summed E-state index contributed by atoms with van der Waals surface area (Å²) < 4.78 is 27.0. The van der Waals surface area contributed by atoms with Gasteiger partial charge in [0.2, 0.25) is 0 Å². The maximum atomic E-state index is 12.9. The molecule has 26 heavy (non-hydrogen) atoms. The Morgan fingerprint density at radius 3 is 2.62 bits per heavy atom. The van der Waals surface area contributed by atoms with Crippen molar-refractivity contribution in [2.24, 2.45) is 0 Å². The quantitative estimate of drug-likeness (QED) is 0.838. The molecule has 140 valence electrons. The molecule has 0 saturated heterocycles. The Hall–Kier alpha value is -1.86. The van der Waals surface area contributed by atoms with E-state index in [1.807, 2.05) is 25.1 Å². The highest BCUT2D eigenvalue weighted by atomic mass is 32.2. The highest BCUT2D eigenvalue weighted by Crippen LogP contribution is 2.27. The molecule has 0 spiro atoms. The molecule has 2 aromatic rings. The summed E-state index contributed by atoms with van der Waals surface area (Å²) in [6, 6.07) is 9.00. The van der Waals surface area contributed by atoms with E-state index < -0.39 is 10.0 Å². The van der Waals surface area contributed by atoms with E-state index in [9.17, 15) is 13.2 Å². The van der Waals surface area contributed by atoms with Crippen LogP contribution in [-0.2, 0) is 10.0 Å². The Kier molecular flexibility index (Phi) is 5.67. The van der Waals surface area contributed by atoms with Crippen molar-refractivity contribution in [1.29, 1.82) is 0 Å². The molecule has 0 radical (unpaired) electrons. The normalized spacial score (nSPS) is 15.6. The molecule has 0 aliphatic heterocycles. The Balaban J connectivity index is 1.76. The van der Waals surface area contributed by atoms with Crippen LogP contribution < -0.4 is 9.62 Å². The van der Waals surface area contributed by atoms with Gasteiger partial charge < -0.3 is 5.32 Å². The van der Waals surface area contributed by atoms with Crippen LogP contribution in [0.3, 0.4) is 0 Å². The fraction of sp³-hybridized carbons (Fsp3) is 0.421. The number of carbonyl (C=O) groups is 1. The van der Waals surface area contributed by atoms with E-state index in [4.69, 9.17) is 0 Å². The van der Waals surface area contributed by atoms with Gasteiger partial charge in [-0.05, 0) is 43.5 Å². The summed E-state index contributed by atoms with van der Waals surface area (Å²) in [5.41, 5.74) is 1.59. The number of sulfonamides is 1. The first-order valence-electron chi connectivity index (χ1n) is 8.83. The predicted octanol–water partition coefficient (Wildman–Crippen LogP) is 3.94. The van der Waals surface area contributed by atoms with Crippen LogP contribution in [0.15, 0.2) is 40.6 Å². The van der Waals surface area contributed by atoms with E-state index in [2.05, 4.69) is 5.32 Å². The monoisotopic (exact) mass is 392 g/mol. The zero-order valence-corrected chi connectivity index (χ0v) is 16.7. The summed E-state index contributed by atoms with van der Waals surface area (Å²) in [5.74, 6) is -0.179. The number of thiophene rings is 1. The van der Waals surface area contributed by atoms with Crippen LogP contribution >= 0.6 is 11.3 Å². The fourth-order valence-electron chi connectivity index (χ4n) is 3.20. The minimum Gasteiger partial charge on any atom is -0.349 e. The minimum atomic E-state index is -3.69. The largest absolute Gasteiger partial charge is 0.349 e. The van der Waals surface area contributed by atoms with E-state index in [-0.39, 0.29) is 16.8 Å². The van der Waals surface area contributed by atoms with Gasteiger partial charge in [0.05, 0.1) is 15.5 Å². The Labute approximate surface area is 159 Å². The van der Waals surface area contributed by atoms with Crippen LogP contribution in [0, 0.1) is 6.92 Å². The van der Waals surface area contributed by atoms with Crippen LogP contribution in [0.25, 0.3) is 0 Å². The molecule has 1 aromatic carbocycles. The lowest BCUT2D eigenvalue weighted by molar-refractivity contribution is 0.0931. The molecule has 1 heterocycles. The maximum Gasteiger partial charge on any atom is 0.264 e. The number of nitrogens with one attached hydrogen (secondary N) is 1. The van der Waals surface area contributed by atoms with Crippen molar-refractivity contribution in [3.05, 3.63) is 46.2 Å².